The number of hydrogen-bond acceptors (Lipinski definition) is 14. The summed E-state index contributed by atoms with van der Waals surface area (Å²) < 4.78 is 56.6. The number of aliphatic carboxylic acids is 1. The number of methoxy groups -OCH3 is 1. The maximum absolute atomic E-state index is 13.6. The predicted molar refractivity (Wildman–Crippen MR) is 262 cm³/mol. The van der Waals surface area contributed by atoms with Gasteiger partial charge in [0.25, 0.3) is 22.9 Å². The van der Waals surface area contributed by atoms with Crippen LogP contribution in [0.3, 0.4) is 0 Å². The number of esters is 1. The molecule has 0 bridgehead atoms. The average molecular weight is 1010 g/mol. The molecule has 0 unspecified atom stereocenters. The molecule has 0 atom stereocenters. The van der Waals surface area contributed by atoms with Gasteiger partial charge in [-0.2, -0.15) is 0 Å². The number of halogens is 2. The molecule has 74 heavy (non-hydrogen) atoms. The Bertz CT molecular complexity index is 3580. The second-order valence-corrected chi connectivity index (χ2v) is 17.0. The van der Waals surface area contributed by atoms with E-state index in [4.69, 9.17) is 23.7 Å². The smallest absolute Gasteiger partial charge is 0.373 e. The van der Waals surface area contributed by atoms with Gasteiger partial charge in [0.2, 0.25) is 11.5 Å². The highest BCUT2D eigenvalue weighted by Gasteiger charge is 2.34. The molecule has 10 rings (SSSR count). The Morgan fingerprint density at radius 3 is 1.86 bits per heavy atom. The standard InChI is InChI=1S/C28H21FN2O7.C25H23FN4O6/c1-2-36-28(35)21-25(37-15-17-6-4-3-5-7-17)22-23-24(38-20(27(33)34)14-31(23)26(21)32)18(13-30-22)12-16-8-10-19(29)11-9-16;1-35-9-8-27-24(33)18-21(31)19-20-22(14(11-28-19)10-13-2-4-15(26)5-3-13)36-17(12-30(20)25(18)34)23(32)29-16-6-7-16/h3-11,13-14H,2,12,15H2,1H3,(H,33,34);2-5,11-12,16,31H,6-10H2,1H3,(H,27,33)(H,29,32). The summed E-state index contributed by atoms with van der Waals surface area (Å²) in [5, 5.41) is 25.9. The molecule has 2 amide bonds. The van der Waals surface area contributed by atoms with E-state index in [1.54, 1.807) is 31.2 Å². The minimum absolute atomic E-state index is 0.00302. The Hall–Kier alpha value is -9.24. The summed E-state index contributed by atoms with van der Waals surface area (Å²) in [6.45, 7) is 1.96. The highest BCUT2D eigenvalue weighted by atomic mass is 19.1. The molecule has 4 N–H and O–H groups in total. The maximum Gasteiger partial charge on any atom is 0.373 e. The number of rotatable bonds is 16. The van der Waals surface area contributed by atoms with Crippen LogP contribution in [0, 0.1) is 11.6 Å². The molecule has 6 heterocycles. The molecule has 21 heteroatoms. The quantitative estimate of drug-likeness (QED) is 0.0656. The van der Waals surface area contributed by atoms with Crippen molar-refractivity contribution in [3.05, 3.63) is 174 Å². The summed E-state index contributed by atoms with van der Waals surface area (Å²) in [5.74, 6) is -5.60. The summed E-state index contributed by atoms with van der Waals surface area (Å²) >= 11 is 0. The molecule has 1 saturated carbocycles. The minimum atomic E-state index is -1.41. The van der Waals surface area contributed by atoms with Crippen molar-refractivity contribution in [3.63, 3.8) is 0 Å². The van der Waals surface area contributed by atoms with Crippen molar-refractivity contribution in [1.82, 2.24) is 29.7 Å². The fraction of sp³-hybridized carbons (Fsp3) is 0.208. The third-order valence-electron chi connectivity index (χ3n) is 11.8. The Morgan fingerprint density at radius 2 is 1.30 bits per heavy atom. The van der Waals surface area contributed by atoms with Crippen molar-refractivity contribution in [2.75, 3.05) is 26.9 Å². The summed E-state index contributed by atoms with van der Waals surface area (Å²) in [7, 11) is 1.46. The Labute approximate surface area is 417 Å². The van der Waals surface area contributed by atoms with Crippen molar-refractivity contribution in [1.29, 1.82) is 0 Å². The second kappa shape index (κ2) is 21.2. The number of hydrogen-bond donors (Lipinski definition) is 4. The van der Waals surface area contributed by atoms with Crippen LogP contribution in [0.2, 0.25) is 0 Å². The number of nitrogens with one attached hydrogen (secondary N) is 2. The van der Waals surface area contributed by atoms with Gasteiger partial charge in [-0.25, -0.2) is 18.4 Å². The first-order valence-electron chi connectivity index (χ1n) is 23.1. The monoisotopic (exact) mass is 1010 g/mol. The number of ether oxygens (including phenoxy) is 5. The van der Waals surface area contributed by atoms with E-state index < -0.39 is 63.3 Å². The lowest BCUT2D eigenvalue weighted by Gasteiger charge is -2.23. The molecule has 3 aromatic carbocycles. The van der Waals surface area contributed by atoms with Crippen molar-refractivity contribution in [2.24, 2.45) is 0 Å². The van der Waals surface area contributed by atoms with E-state index in [0.29, 0.717) is 16.7 Å². The summed E-state index contributed by atoms with van der Waals surface area (Å²) in [5.41, 5.74) is 0.898. The number of aromatic hydroxyl groups is 1. The highest BCUT2D eigenvalue weighted by molar-refractivity contribution is 6.05. The molecular weight excluding hydrogens is 967 g/mol. The first-order valence-corrected chi connectivity index (χ1v) is 23.1. The van der Waals surface area contributed by atoms with Gasteiger partial charge in [0, 0.05) is 56.1 Å². The summed E-state index contributed by atoms with van der Waals surface area (Å²) in [6, 6.07) is 20.8. The molecule has 378 valence electrons. The van der Waals surface area contributed by atoms with Crippen LogP contribution in [-0.4, -0.2) is 86.0 Å². The molecular formula is C53H44F2N6O13. The lowest BCUT2D eigenvalue weighted by Crippen LogP contribution is -2.36. The number of carbonyl (C=O) groups is 4. The highest BCUT2D eigenvalue weighted by Crippen LogP contribution is 2.40. The minimum Gasteiger partial charge on any atom is -0.505 e. The first-order chi connectivity index (χ1) is 35.7. The SMILES string of the molecule is CCOC(=O)c1c(OCc2ccccc2)c2ncc(Cc3ccc(F)cc3)c3c2n(c1=O)C=C(C(=O)O)O3.COCCNC(=O)c1c(O)c2ncc(Cc3ccc(F)cc3)c3c2n(c1=O)C=C(C(=O)NC1CC1)O3. The van der Waals surface area contributed by atoms with Gasteiger partial charge < -0.3 is 44.5 Å². The van der Waals surface area contributed by atoms with E-state index >= 15 is 0 Å². The zero-order chi connectivity index (χ0) is 52.2. The van der Waals surface area contributed by atoms with Gasteiger partial charge in [-0.15, -0.1) is 0 Å². The Balaban J connectivity index is 0.000000182. The van der Waals surface area contributed by atoms with E-state index in [-0.39, 0.29) is 96.1 Å². The molecule has 2 aliphatic heterocycles. The van der Waals surface area contributed by atoms with Crippen LogP contribution in [0.25, 0.3) is 34.5 Å². The van der Waals surface area contributed by atoms with Crippen LogP contribution >= 0.6 is 0 Å². The van der Waals surface area contributed by atoms with Crippen molar-refractivity contribution < 1.29 is 61.9 Å². The largest absolute Gasteiger partial charge is 0.505 e. The van der Waals surface area contributed by atoms with Crippen LogP contribution in [0.1, 0.15) is 68.3 Å². The molecule has 3 aliphatic rings. The van der Waals surface area contributed by atoms with E-state index in [2.05, 4.69) is 20.6 Å². The van der Waals surface area contributed by atoms with Gasteiger partial charge in [-0.05, 0) is 60.7 Å². The Morgan fingerprint density at radius 1 is 0.743 bits per heavy atom. The number of pyridine rings is 4. The van der Waals surface area contributed by atoms with E-state index in [0.717, 1.165) is 39.3 Å². The first kappa shape index (κ1) is 49.7. The van der Waals surface area contributed by atoms with Crippen LogP contribution in [0.15, 0.2) is 112 Å². The van der Waals surface area contributed by atoms with Crippen LogP contribution < -0.4 is 36.0 Å². The van der Waals surface area contributed by atoms with Gasteiger partial charge in [0.05, 0.1) is 25.6 Å². The zero-order valence-electron chi connectivity index (χ0n) is 39.5. The van der Waals surface area contributed by atoms with Gasteiger partial charge in [-0.1, -0.05) is 54.6 Å². The summed E-state index contributed by atoms with van der Waals surface area (Å²) in [6.07, 6.45) is 7.24. The lowest BCUT2D eigenvalue weighted by molar-refractivity contribution is -0.135. The number of carboxylic acid groups (broad SMARTS) is 1. The van der Waals surface area contributed by atoms with Crippen molar-refractivity contribution >= 4 is 58.2 Å². The van der Waals surface area contributed by atoms with Crippen LogP contribution in [0.4, 0.5) is 8.78 Å². The van der Waals surface area contributed by atoms with Crippen molar-refractivity contribution in [2.45, 2.75) is 45.3 Å². The number of nitrogens with zero attached hydrogens (tertiary/aromatic N) is 4. The van der Waals surface area contributed by atoms with E-state index in [9.17, 15) is 47.8 Å². The lowest BCUT2D eigenvalue weighted by atomic mass is 10.0. The molecule has 4 aromatic heterocycles. The molecule has 1 fully saturated rings. The van der Waals surface area contributed by atoms with Gasteiger partial charge >= 0.3 is 11.9 Å². The van der Waals surface area contributed by atoms with E-state index in [1.807, 2.05) is 30.3 Å². The molecule has 0 radical (unpaired) electrons. The molecule has 7 aromatic rings. The van der Waals surface area contributed by atoms with Crippen LogP contribution in [-0.2, 0) is 38.5 Å². The average Bonchev–Trinajstić information content (AvgIpc) is 4.22. The number of carboxylic acids is 1. The van der Waals surface area contributed by atoms with Crippen molar-refractivity contribution in [3.8, 4) is 23.0 Å². The summed E-state index contributed by atoms with van der Waals surface area (Å²) in [4.78, 5) is 86.2. The molecule has 19 nitrogen and oxygen atoms in total. The van der Waals surface area contributed by atoms with Gasteiger partial charge in [0.1, 0.15) is 45.9 Å². The predicted octanol–water partition coefficient (Wildman–Crippen LogP) is 5.84. The third-order valence-corrected chi connectivity index (χ3v) is 11.8. The Kier molecular flexibility index (Phi) is 14.3. The van der Waals surface area contributed by atoms with Gasteiger partial charge in [-0.3, -0.25) is 38.3 Å². The molecule has 1 aliphatic carbocycles. The molecule has 0 spiro atoms. The van der Waals surface area contributed by atoms with E-state index in [1.165, 1.54) is 50.0 Å². The second-order valence-electron chi connectivity index (χ2n) is 17.0. The fourth-order valence-corrected chi connectivity index (χ4v) is 8.09. The number of benzene rings is 3. The fourth-order valence-electron chi connectivity index (χ4n) is 8.09. The number of carbonyl (C=O) groups excluding carboxylic acids is 3. The normalized spacial score (nSPS) is 13.1. The number of aromatic nitrogens is 4. The topological polar surface area (TPSA) is 249 Å². The van der Waals surface area contributed by atoms with Crippen LogP contribution in [0.5, 0.6) is 23.0 Å². The molecule has 0 saturated heterocycles. The van der Waals surface area contributed by atoms with Gasteiger partial charge in [0.15, 0.2) is 28.6 Å². The number of amides is 2. The maximum atomic E-state index is 13.6. The third kappa shape index (κ3) is 10.3. The zero-order valence-corrected chi connectivity index (χ0v) is 39.5.